The van der Waals surface area contributed by atoms with Gasteiger partial charge in [0.1, 0.15) is 5.75 Å². The summed E-state index contributed by atoms with van der Waals surface area (Å²) < 4.78 is 5.22. The number of methoxy groups -OCH3 is 1. The fourth-order valence-electron chi connectivity index (χ4n) is 2.13. The van der Waals surface area contributed by atoms with E-state index in [1.807, 2.05) is 24.3 Å². The van der Waals surface area contributed by atoms with Crippen LogP contribution in [0.3, 0.4) is 0 Å². The number of hydrogen-bond donors (Lipinski definition) is 3. The molecule has 1 atom stereocenters. The van der Waals surface area contributed by atoms with Crippen LogP contribution in [-0.4, -0.2) is 24.8 Å². The highest BCUT2D eigenvalue weighted by molar-refractivity contribution is 6.31. The number of carbonyl (C=O) groups excluding carboxylic acids is 1. The van der Waals surface area contributed by atoms with Gasteiger partial charge in [-0.25, -0.2) is 4.79 Å². The Morgan fingerprint density at radius 2 is 1.87 bits per heavy atom. The van der Waals surface area contributed by atoms with Crippen LogP contribution in [-0.2, 0) is 6.54 Å². The maximum absolute atomic E-state index is 11.8. The summed E-state index contributed by atoms with van der Waals surface area (Å²) in [5.74, 6) is 0.712. The number of halogens is 1. The predicted octanol–water partition coefficient (Wildman–Crippen LogP) is 2.88. The van der Waals surface area contributed by atoms with E-state index < -0.39 is 6.10 Å². The lowest BCUT2D eigenvalue weighted by Gasteiger charge is -2.14. The van der Waals surface area contributed by atoms with Crippen LogP contribution < -0.4 is 15.4 Å². The van der Waals surface area contributed by atoms with Crippen LogP contribution in [0.5, 0.6) is 5.75 Å². The van der Waals surface area contributed by atoms with Gasteiger partial charge in [0.25, 0.3) is 0 Å². The maximum atomic E-state index is 11.8. The lowest BCUT2D eigenvalue weighted by molar-refractivity contribution is 0.173. The lowest BCUT2D eigenvalue weighted by atomic mass is 10.1. The van der Waals surface area contributed by atoms with Gasteiger partial charge in [-0.1, -0.05) is 48.0 Å². The molecule has 2 amide bonds. The Labute approximate surface area is 140 Å². The first-order valence-electron chi connectivity index (χ1n) is 7.18. The van der Waals surface area contributed by atoms with Crippen LogP contribution in [0.2, 0.25) is 5.02 Å². The van der Waals surface area contributed by atoms with Gasteiger partial charge in [-0.05, 0) is 12.1 Å². The number of para-hydroxylation sites is 1. The number of nitrogens with one attached hydrogen (secondary N) is 2. The first-order valence-corrected chi connectivity index (χ1v) is 7.55. The van der Waals surface area contributed by atoms with Gasteiger partial charge in [0.2, 0.25) is 0 Å². The fraction of sp³-hybridized carbons (Fsp3) is 0.235. The molecule has 0 aromatic heterocycles. The van der Waals surface area contributed by atoms with Crippen LogP contribution in [0.25, 0.3) is 0 Å². The molecule has 23 heavy (non-hydrogen) atoms. The number of benzene rings is 2. The average Bonchev–Trinajstić information content (AvgIpc) is 2.58. The highest BCUT2D eigenvalue weighted by Crippen LogP contribution is 2.21. The summed E-state index contributed by atoms with van der Waals surface area (Å²) in [5.41, 5.74) is 1.45. The number of aliphatic hydroxyl groups excluding tert-OH is 1. The summed E-state index contributed by atoms with van der Waals surface area (Å²) in [6.07, 6.45) is -0.860. The van der Waals surface area contributed by atoms with Gasteiger partial charge >= 0.3 is 6.03 Å². The summed E-state index contributed by atoms with van der Waals surface area (Å²) >= 11 is 6.01. The molecule has 0 fully saturated rings. The second-order valence-corrected chi connectivity index (χ2v) is 5.32. The first-order chi connectivity index (χ1) is 11.1. The molecule has 122 valence electrons. The Bertz CT molecular complexity index is 664. The number of amides is 2. The zero-order valence-corrected chi connectivity index (χ0v) is 13.5. The zero-order valence-electron chi connectivity index (χ0n) is 12.8. The quantitative estimate of drug-likeness (QED) is 0.760. The molecule has 2 rings (SSSR count). The molecule has 2 aromatic rings. The molecule has 3 N–H and O–H groups in total. The van der Waals surface area contributed by atoms with E-state index >= 15 is 0 Å². The Morgan fingerprint density at radius 1 is 1.17 bits per heavy atom. The zero-order chi connectivity index (χ0) is 16.7. The third-order valence-corrected chi connectivity index (χ3v) is 3.70. The molecule has 0 radical (unpaired) electrons. The molecule has 1 unspecified atom stereocenters. The standard InChI is InChI=1S/C17H19ClN2O3/c1-23-16-9-5-2-6-12(16)10-19-17(22)20-11-15(21)13-7-3-4-8-14(13)18/h2-9,15,21H,10-11H2,1H3,(H2,19,20,22). The van der Waals surface area contributed by atoms with E-state index in [9.17, 15) is 9.90 Å². The van der Waals surface area contributed by atoms with E-state index in [2.05, 4.69) is 10.6 Å². The van der Waals surface area contributed by atoms with Crippen molar-refractivity contribution in [1.82, 2.24) is 10.6 Å². The van der Waals surface area contributed by atoms with Crippen molar-refractivity contribution >= 4 is 17.6 Å². The number of hydrogen-bond acceptors (Lipinski definition) is 3. The summed E-state index contributed by atoms with van der Waals surface area (Å²) in [4.78, 5) is 11.8. The summed E-state index contributed by atoms with van der Waals surface area (Å²) in [5, 5.41) is 15.9. The smallest absolute Gasteiger partial charge is 0.315 e. The number of rotatable bonds is 6. The van der Waals surface area contributed by atoms with Crippen LogP contribution in [0.1, 0.15) is 17.2 Å². The van der Waals surface area contributed by atoms with E-state index in [-0.39, 0.29) is 12.6 Å². The largest absolute Gasteiger partial charge is 0.496 e. The van der Waals surface area contributed by atoms with Crippen molar-refractivity contribution in [3.8, 4) is 5.75 Å². The summed E-state index contributed by atoms with van der Waals surface area (Å²) in [7, 11) is 1.58. The van der Waals surface area contributed by atoms with Gasteiger partial charge in [-0.3, -0.25) is 0 Å². The van der Waals surface area contributed by atoms with E-state index in [4.69, 9.17) is 16.3 Å². The number of ether oxygens (including phenoxy) is 1. The minimum Gasteiger partial charge on any atom is -0.496 e. The van der Waals surface area contributed by atoms with Crippen molar-refractivity contribution in [2.24, 2.45) is 0 Å². The first kappa shape index (κ1) is 17.1. The maximum Gasteiger partial charge on any atom is 0.315 e. The van der Waals surface area contributed by atoms with E-state index in [0.717, 1.165) is 5.56 Å². The molecule has 2 aromatic carbocycles. The van der Waals surface area contributed by atoms with E-state index in [1.54, 1.807) is 31.4 Å². The third kappa shape index (κ3) is 4.87. The van der Waals surface area contributed by atoms with Crippen LogP contribution in [0, 0.1) is 0 Å². The highest BCUT2D eigenvalue weighted by atomic mass is 35.5. The normalized spacial score (nSPS) is 11.6. The van der Waals surface area contributed by atoms with Crippen molar-refractivity contribution in [2.45, 2.75) is 12.6 Å². The molecule has 0 aliphatic heterocycles. The monoisotopic (exact) mass is 334 g/mol. The van der Waals surface area contributed by atoms with Gasteiger partial charge in [0.15, 0.2) is 0 Å². The van der Waals surface area contributed by atoms with Crippen molar-refractivity contribution < 1.29 is 14.6 Å². The predicted molar refractivity (Wildman–Crippen MR) is 89.6 cm³/mol. The van der Waals surface area contributed by atoms with Crippen molar-refractivity contribution in [2.75, 3.05) is 13.7 Å². The molecule has 6 heteroatoms. The van der Waals surface area contributed by atoms with Crippen LogP contribution in [0.15, 0.2) is 48.5 Å². The molecule has 0 aliphatic rings. The van der Waals surface area contributed by atoms with Crippen molar-refractivity contribution in [3.05, 3.63) is 64.7 Å². The minimum atomic E-state index is -0.860. The highest BCUT2D eigenvalue weighted by Gasteiger charge is 2.12. The van der Waals surface area contributed by atoms with Gasteiger partial charge < -0.3 is 20.5 Å². The second-order valence-electron chi connectivity index (χ2n) is 4.91. The molecule has 0 bridgehead atoms. The van der Waals surface area contributed by atoms with Crippen molar-refractivity contribution in [3.63, 3.8) is 0 Å². The fourth-order valence-corrected chi connectivity index (χ4v) is 2.39. The lowest BCUT2D eigenvalue weighted by Crippen LogP contribution is -2.37. The van der Waals surface area contributed by atoms with Gasteiger partial charge in [-0.15, -0.1) is 0 Å². The molecule has 5 nitrogen and oxygen atoms in total. The molecule has 0 saturated heterocycles. The Hall–Kier alpha value is -2.24. The molecule has 0 saturated carbocycles. The van der Waals surface area contributed by atoms with Crippen LogP contribution in [0.4, 0.5) is 4.79 Å². The van der Waals surface area contributed by atoms with Gasteiger partial charge in [-0.2, -0.15) is 0 Å². The third-order valence-electron chi connectivity index (χ3n) is 3.35. The number of carbonyl (C=O) groups is 1. The Morgan fingerprint density at radius 3 is 2.61 bits per heavy atom. The van der Waals surface area contributed by atoms with Gasteiger partial charge in [0, 0.05) is 29.2 Å². The Kier molecular flexibility index (Phi) is 6.26. The molecular weight excluding hydrogens is 316 g/mol. The minimum absolute atomic E-state index is 0.0709. The summed E-state index contributed by atoms with van der Waals surface area (Å²) in [6, 6.07) is 14.1. The summed E-state index contributed by atoms with van der Waals surface area (Å²) in [6.45, 7) is 0.402. The van der Waals surface area contributed by atoms with E-state index in [1.165, 1.54) is 0 Å². The topological polar surface area (TPSA) is 70.6 Å². The molecule has 0 heterocycles. The Balaban J connectivity index is 1.82. The SMILES string of the molecule is COc1ccccc1CNC(=O)NCC(O)c1ccccc1Cl. The number of aliphatic hydroxyl groups is 1. The van der Waals surface area contributed by atoms with Gasteiger partial charge in [0.05, 0.1) is 13.2 Å². The molecule has 0 spiro atoms. The number of urea groups is 1. The van der Waals surface area contributed by atoms with E-state index in [0.29, 0.717) is 22.9 Å². The second kappa shape index (κ2) is 8.41. The molecular formula is C17H19ClN2O3. The molecule has 0 aliphatic carbocycles. The average molecular weight is 335 g/mol. The van der Waals surface area contributed by atoms with Crippen molar-refractivity contribution in [1.29, 1.82) is 0 Å². The van der Waals surface area contributed by atoms with Crippen LogP contribution >= 0.6 is 11.6 Å².